The number of benzene rings is 4. The summed E-state index contributed by atoms with van der Waals surface area (Å²) in [4.78, 5) is 38.7. The molecule has 0 radical (unpaired) electrons. The van der Waals surface area contributed by atoms with Gasteiger partial charge >= 0.3 is 0 Å². The zero-order chi connectivity index (χ0) is 38.1. The minimum Gasteiger partial charge on any atom is -0.340 e. The highest BCUT2D eigenvalue weighted by molar-refractivity contribution is 6.39. The molecule has 282 valence electrons. The third-order valence-electron chi connectivity index (χ3n) is 11.8. The van der Waals surface area contributed by atoms with Gasteiger partial charge < -0.3 is 13.7 Å². The number of carbonyl (C=O) groups excluding carboxylic acids is 3. The SMILES string of the molecule is CCCCCCn1c2cc(C(C)=O)ccc2c2c1c1c3ccc(C(C)=O)cc3n(CCCCCC)c1c1c3ccc(C(C)=O)cc3n(CCCCCC)c21. The monoisotopic (exact) mass is 723 g/mol. The van der Waals surface area contributed by atoms with Gasteiger partial charge in [0.15, 0.2) is 17.3 Å². The maximum absolute atomic E-state index is 12.9. The molecule has 0 saturated heterocycles. The lowest BCUT2D eigenvalue weighted by atomic mass is 10.0. The summed E-state index contributed by atoms with van der Waals surface area (Å²) in [5.41, 5.74) is 9.10. The van der Waals surface area contributed by atoms with Crippen LogP contribution < -0.4 is 0 Å². The van der Waals surface area contributed by atoms with Crippen LogP contribution in [-0.4, -0.2) is 31.1 Å². The molecule has 7 aromatic rings. The van der Waals surface area contributed by atoms with Crippen molar-refractivity contribution in [2.45, 2.75) is 138 Å². The van der Waals surface area contributed by atoms with Crippen molar-refractivity contribution in [3.63, 3.8) is 0 Å². The van der Waals surface area contributed by atoms with Crippen LogP contribution >= 0.6 is 0 Å². The molecule has 0 aliphatic heterocycles. The van der Waals surface area contributed by atoms with Gasteiger partial charge in [-0.3, -0.25) is 14.4 Å². The lowest BCUT2D eigenvalue weighted by Gasteiger charge is -2.13. The van der Waals surface area contributed by atoms with E-state index in [-0.39, 0.29) is 17.3 Å². The van der Waals surface area contributed by atoms with Crippen LogP contribution in [0, 0.1) is 0 Å². The van der Waals surface area contributed by atoms with Crippen LogP contribution in [0.3, 0.4) is 0 Å². The minimum atomic E-state index is 0.0669. The molecule has 0 atom stereocenters. The number of fused-ring (bicyclic) bond motifs is 12. The molecule has 0 unspecified atom stereocenters. The van der Waals surface area contributed by atoms with Gasteiger partial charge in [0.1, 0.15) is 0 Å². The molecule has 0 saturated carbocycles. The molecule has 6 nitrogen and oxygen atoms in total. The number of nitrogens with zero attached hydrogens (tertiary/aromatic N) is 3. The summed E-state index contributed by atoms with van der Waals surface area (Å²) < 4.78 is 7.57. The molecule has 4 aromatic carbocycles. The Kier molecular flexibility index (Phi) is 11.1. The Balaban J connectivity index is 1.75. The van der Waals surface area contributed by atoms with E-state index in [9.17, 15) is 14.4 Å². The summed E-state index contributed by atoms with van der Waals surface area (Å²) in [7, 11) is 0. The average Bonchev–Trinajstić information content (AvgIpc) is 3.78. The quantitative estimate of drug-likeness (QED) is 0.0654. The highest BCUT2D eigenvalue weighted by Gasteiger charge is 2.28. The highest BCUT2D eigenvalue weighted by atomic mass is 16.1. The lowest BCUT2D eigenvalue weighted by molar-refractivity contribution is 0.100. The van der Waals surface area contributed by atoms with Gasteiger partial charge in [-0.05, 0) is 58.2 Å². The Bertz CT molecular complexity index is 2250. The van der Waals surface area contributed by atoms with E-state index in [4.69, 9.17) is 0 Å². The van der Waals surface area contributed by atoms with Crippen LogP contribution in [0.2, 0.25) is 0 Å². The Hall–Kier alpha value is -4.71. The number of aryl methyl sites for hydroxylation is 3. The van der Waals surface area contributed by atoms with Gasteiger partial charge in [0.25, 0.3) is 0 Å². The molecule has 0 aliphatic carbocycles. The van der Waals surface area contributed by atoms with Gasteiger partial charge in [0.2, 0.25) is 0 Å². The van der Waals surface area contributed by atoms with E-state index in [1.165, 1.54) is 52.0 Å². The van der Waals surface area contributed by atoms with Crippen LogP contribution in [0.4, 0.5) is 0 Å². The number of aromatic nitrogens is 3. The zero-order valence-corrected chi connectivity index (χ0v) is 33.4. The normalized spacial score (nSPS) is 12.1. The van der Waals surface area contributed by atoms with Crippen molar-refractivity contribution >= 4 is 82.8 Å². The molecular weight excluding hydrogens is 667 g/mol. The number of ketones is 3. The fourth-order valence-corrected chi connectivity index (χ4v) is 8.99. The summed E-state index contributed by atoms with van der Waals surface area (Å²) in [5, 5.41) is 7.13. The van der Waals surface area contributed by atoms with Crippen LogP contribution in [0.1, 0.15) is 150 Å². The lowest BCUT2D eigenvalue weighted by Crippen LogP contribution is -2.02. The van der Waals surface area contributed by atoms with Crippen molar-refractivity contribution in [2.24, 2.45) is 0 Å². The number of carbonyl (C=O) groups is 3. The van der Waals surface area contributed by atoms with E-state index in [0.29, 0.717) is 0 Å². The van der Waals surface area contributed by atoms with Gasteiger partial charge in [-0.25, -0.2) is 0 Å². The van der Waals surface area contributed by atoms with Crippen molar-refractivity contribution in [3.8, 4) is 0 Å². The number of Topliss-reactive ketones (excluding diaryl/α,β-unsaturated/α-hetero) is 3. The second-order valence-corrected chi connectivity index (χ2v) is 15.7. The Labute approximate surface area is 319 Å². The van der Waals surface area contributed by atoms with Gasteiger partial charge in [-0.2, -0.15) is 0 Å². The number of unbranched alkanes of at least 4 members (excludes halogenated alkanes) is 9. The van der Waals surface area contributed by atoms with Gasteiger partial charge in [-0.1, -0.05) is 115 Å². The summed E-state index contributed by atoms with van der Waals surface area (Å²) in [6, 6.07) is 18.9. The zero-order valence-electron chi connectivity index (χ0n) is 33.4. The first kappa shape index (κ1) is 37.6. The summed E-state index contributed by atoms with van der Waals surface area (Å²) in [6.45, 7) is 14.3. The van der Waals surface area contributed by atoms with Gasteiger partial charge in [0.05, 0.1) is 16.6 Å². The molecule has 0 amide bonds. The number of rotatable bonds is 18. The van der Waals surface area contributed by atoms with E-state index in [0.717, 1.165) is 127 Å². The van der Waals surface area contributed by atoms with E-state index in [2.05, 4.69) is 70.9 Å². The van der Waals surface area contributed by atoms with Gasteiger partial charge in [0, 0.05) is 85.2 Å². The number of hydrogen-bond acceptors (Lipinski definition) is 3. The Morgan fingerprint density at radius 2 is 0.685 bits per heavy atom. The van der Waals surface area contributed by atoms with E-state index < -0.39 is 0 Å². The maximum atomic E-state index is 12.9. The van der Waals surface area contributed by atoms with Crippen molar-refractivity contribution in [2.75, 3.05) is 0 Å². The predicted octanol–water partition coefficient (Wildman–Crippen LogP) is 13.4. The molecule has 6 heteroatoms. The largest absolute Gasteiger partial charge is 0.340 e. The first-order valence-corrected chi connectivity index (χ1v) is 20.7. The molecular formula is C48H57N3O3. The predicted molar refractivity (Wildman–Crippen MR) is 228 cm³/mol. The summed E-state index contributed by atoms with van der Waals surface area (Å²) in [5.74, 6) is 0.201. The van der Waals surface area contributed by atoms with Crippen LogP contribution in [0.25, 0.3) is 65.4 Å². The summed E-state index contributed by atoms with van der Waals surface area (Å²) in [6.07, 6.45) is 13.6. The van der Waals surface area contributed by atoms with E-state index in [1.54, 1.807) is 20.8 Å². The van der Waals surface area contributed by atoms with Crippen molar-refractivity contribution in [3.05, 3.63) is 71.3 Å². The van der Waals surface area contributed by atoms with E-state index >= 15 is 0 Å². The molecule has 0 aliphatic rings. The molecule has 0 fully saturated rings. The second kappa shape index (κ2) is 15.9. The third-order valence-corrected chi connectivity index (χ3v) is 11.8. The molecule has 3 heterocycles. The first-order valence-electron chi connectivity index (χ1n) is 20.7. The highest BCUT2D eigenvalue weighted by Crippen LogP contribution is 2.49. The van der Waals surface area contributed by atoms with Crippen LogP contribution in [0.5, 0.6) is 0 Å². The van der Waals surface area contributed by atoms with Crippen LogP contribution in [-0.2, 0) is 19.6 Å². The van der Waals surface area contributed by atoms with Crippen molar-refractivity contribution in [1.82, 2.24) is 13.7 Å². The topological polar surface area (TPSA) is 66.0 Å². The molecule has 0 N–H and O–H groups in total. The van der Waals surface area contributed by atoms with Crippen molar-refractivity contribution in [1.29, 1.82) is 0 Å². The number of hydrogen-bond donors (Lipinski definition) is 0. The molecule has 3 aromatic heterocycles. The van der Waals surface area contributed by atoms with Crippen molar-refractivity contribution < 1.29 is 14.4 Å². The molecule has 0 spiro atoms. The Morgan fingerprint density at radius 1 is 0.407 bits per heavy atom. The molecule has 0 bridgehead atoms. The smallest absolute Gasteiger partial charge is 0.159 e. The molecule has 54 heavy (non-hydrogen) atoms. The summed E-state index contributed by atoms with van der Waals surface area (Å²) >= 11 is 0. The fourth-order valence-electron chi connectivity index (χ4n) is 8.99. The fraction of sp³-hybridized carbons (Fsp3) is 0.438. The van der Waals surface area contributed by atoms with Gasteiger partial charge in [-0.15, -0.1) is 0 Å². The van der Waals surface area contributed by atoms with Crippen LogP contribution in [0.15, 0.2) is 54.6 Å². The maximum Gasteiger partial charge on any atom is 0.159 e. The standard InChI is InChI=1S/C48H57N3O3/c1-7-10-13-16-25-49-40-28-34(31(4)52)19-22-37(40)43-46(49)44-38-23-20-35(32(5)53)29-41(38)50(26-17-14-11-8-2)48(44)45-39-24-21-36(33(6)54)30-42(39)51(47(43)45)27-18-15-12-9-3/h19-24,28-30H,7-18,25-27H2,1-6H3. The molecule has 7 rings (SSSR count). The minimum absolute atomic E-state index is 0.0669. The second-order valence-electron chi connectivity index (χ2n) is 15.7. The average molecular weight is 724 g/mol. The third kappa shape index (κ3) is 6.56. The first-order chi connectivity index (χ1) is 26.2. The Morgan fingerprint density at radius 3 is 0.926 bits per heavy atom. The van der Waals surface area contributed by atoms with E-state index in [1.807, 2.05) is 18.2 Å².